The summed E-state index contributed by atoms with van der Waals surface area (Å²) < 4.78 is 10.8. The van der Waals surface area contributed by atoms with E-state index in [-0.39, 0.29) is 11.2 Å². The van der Waals surface area contributed by atoms with Gasteiger partial charge >= 0.3 is 0 Å². The lowest BCUT2D eigenvalue weighted by Gasteiger charge is -2.08. The maximum Gasteiger partial charge on any atom is 0.221 e. The fourth-order valence-electron chi connectivity index (χ4n) is 0.594. The first kappa shape index (κ1) is 11.6. The summed E-state index contributed by atoms with van der Waals surface area (Å²) in [6.07, 6.45) is 1.96. The normalized spacial score (nSPS) is 15.2. The molecule has 0 aliphatic carbocycles. The number of rotatable bonds is 5. The Kier molecular flexibility index (Phi) is 5.92. The van der Waals surface area contributed by atoms with E-state index >= 15 is 0 Å². The first-order valence-corrected chi connectivity index (χ1v) is 5.49. The summed E-state index contributed by atoms with van der Waals surface area (Å²) in [6.45, 7) is 2.65. The van der Waals surface area contributed by atoms with Gasteiger partial charge in [0.05, 0.1) is 0 Å². The Balaban J connectivity index is 3.54. The monoisotopic (exact) mass is 192 g/mol. The van der Waals surface area contributed by atoms with E-state index in [2.05, 4.69) is 5.32 Å². The minimum Gasteiger partial charge on any atom is -0.355 e. The van der Waals surface area contributed by atoms with E-state index in [1.165, 1.54) is 0 Å². The first-order chi connectivity index (χ1) is 5.57. The molecule has 0 saturated heterocycles. The highest BCUT2D eigenvalue weighted by atomic mass is 32.2. The molecule has 2 unspecified atom stereocenters. The maximum absolute atomic E-state index is 10.9. The van der Waals surface area contributed by atoms with Crippen LogP contribution in [0.15, 0.2) is 0 Å². The Bertz CT molecular complexity index is 173. The second-order valence-electron chi connectivity index (χ2n) is 2.65. The summed E-state index contributed by atoms with van der Waals surface area (Å²) in [7, 11) is -0.877. The molecule has 3 N–H and O–H groups in total. The molecule has 0 aromatic rings. The zero-order valence-corrected chi connectivity index (χ0v) is 8.32. The molecule has 4 nitrogen and oxygen atoms in total. The number of carbonyl (C=O) groups excluding carboxylic acids is 1. The SMILES string of the molecule is CC(CNC(=O)CCN)S(C)=O. The van der Waals surface area contributed by atoms with Crippen LogP contribution < -0.4 is 11.1 Å². The van der Waals surface area contributed by atoms with Crippen LogP contribution in [0.3, 0.4) is 0 Å². The Morgan fingerprint density at radius 1 is 1.67 bits per heavy atom. The van der Waals surface area contributed by atoms with E-state index in [0.717, 1.165) is 0 Å². The fourth-order valence-corrected chi connectivity index (χ4v) is 0.912. The van der Waals surface area contributed by atoms with Crippen molar-refractivity contribution in [1.82, 2.24) is 5.32 Å². The predicted molar refractivity (Wildman–Crippen MR) is 50.2 cm³/mol. The van der Waals surface area contributed by atoms with Gasteiger partial charge in [-0.2, -0.15) is 0 Å². The third-order valence-corrected chi connectivity index (χ3v) is 2.82. The third-order valence-electron chi connectivity index (χ3n) is 1.52. The van der Waals surface area contributed by atoms with Gasteiger partial charge in [0.2, 0.25) is 5.91 Å². The second kappa shape index (κ2) is 6.14. The quantitative estimate of drug-likeness (QED) is 0.600. The van der Waals surface area contributed by atoms with Crippen LogP contribution in [0.1, 0.15) is 13.3 Å². The van der Waals surface area contributed by atoms with Gasteiger partial charge in [0, 0.05) is 41.8 Å². The topological polar surface area (TPSA) is 72.2 Å². The van der Waals surface area contributed by atoms with Crippen molar-refractivity contribution in [3.8, 4) is 0 Å². The van der Waals surface area contributed by atoms with Crippen molar-refractivity contribution in [1.29, 1.82) is 0 Å². The average Bonchev–Trinajstić information content (AvgIpc) is 2.00. The van der Waals surface area contributed by atoms with Crippen molar-refractivity contribution in [3.05, 3.63) is 0 Å². The molecule has 0 aliphatic heterocycles. The number of hydrogen-bond acceptors (Lipinski definition) is 3. The summed E-state index contributed by atoms with van der Waals surface area (Å²) in [5.41, 5.74) is 5.17. The van der Waals surface area contributed by atoms with E-state index in [9.17, 15) is 9.00 Å². The van der Waals surface area contributed by atoms with Crippen LogP contribution in [0.25, 0.3) is 0 Å². The lowest BCUT2D eigenvalue weighted by molar-refractivity contribution is -0.120. The smallest absolute Gasteiger partial charge is 0.221 e. The zero-order chi connectivity index (χ0) is 9.56. The molecule has 0 rings (SSSR count). The van der Waals surface area contributed by atoms with Crippen molar-refractivity contribution < 1.29 is 9.00 Å². The minimum atomic E-state index is -0.877. The molecule has 1 amide bonds. The van der Waals surface area contributed by atoms with E-state index in [1.54, 1.807) is 6.26 Å². The van der Waals surface area contributed by atoms with Gasteiger partial charge in [-0.25, -0.2) is 0 Å². The standard InChI is InChI=1S/C7H16N2O2S/c1-6(12(2)11)5-9-7(10)3-4-8/h6H,3-5,8H2,1-2H3,(H,9,10). The van der Waals surface area contributed by atoms with Crippen LogP contribution in [0.2, 0.25) is 0 Å². The second-order valence-corrected chi connectivity index (χ2v) is 4.45. The number of amides is 1. The third kappa shape index (κ3) is 5.26. The Hall–Kier alpha value is -0.420. The molecule has 12 heavy (non-hydrogen) atoms. The highest BCUT2D eigenvalue weighted by molar-refractivity contribution is 7.84. The lowest BCUT2D eigenvalue weighted by atomic mass is 10.4. The molecule has 0 saturated carbocycles. The van der Waals surface area contributed by atoms with Crippen molar-refractivity contribution in [2.75, 3.05) is 19.3 Å². The molecule has 72 valence electrons. The van der Waals surface area contributed by atoms with Crippen molar-refractivity contribution in [2.24, 2.45) is 5.73 Å². The van der Waals surface area contributed by atoms with Gasteiger partial charge in [-0.1, -0.05) is 0 Å². The highest BCUT2D eigenvalue weighted by Gasteiger charge is 2.07. The van der Waals surface area contributed by atoms with E-state index in [0.29, 0.717) is 19.5 Å². The van der Waals surface area contributed by atoms with E-state index < -0.39 is 10.8 Å². The van der Waals surface area contributed by atoms with E-state index in [4.69, 9.17) is 5.73 Å². The molecule has 0 fully saturated rings. The number of carbonyl (C=O) groups is 1. The Labute approximate surface area is 75.4 Å². The van der Waals surface area contributed by atoms with Crippen LogP contribution in [-0.2, 0) is 15.6 Å². The van der Waals surface area contributed by atoms with Gasteiger partial charge in [0.1, 0.15) is 0 Å². The lowest BCUT2D eigenvalue weighted by Crippen LogP contribution is -2.33. The van der Waals surface area contributed by atoms with Crippen LogP contribution in [-0.4, -0.2) is 34.7 Å². The average molecular weight is 192 g/mol. The summed E-state index contributed by atoms with van der Waals surface area (Å²) in [5, 5.41) is 2.66. The molecule has 2 atom stereocenters. The molecule has 0 bridgehead atoms. The summed E-state index contributed by atoms with van der Waals surface area (Å²) >= 11 is 0. The van der Waals surface area contributed by atoms with Gasteiger partial charge < -0.3 is 11.1 Å². The molecule has 0 aliphatic rings. The molecular weight excluding hydrogens is 176 g/mol. The Morgan fingerprint density at radius 2 is 2.25 bits per heavy atom. The minimum absolute atomic E-state index is 0.00623. The molecule has 5 heteroatoms. The van der Waals surface area contributed by atoms with E-state index in [1.807, 2.05) is 6.92 Å². The molecule has 0 aromatic heterocycles. The summed E-state index contributed by atoms with van der Waals surface area (Å²) in [6, 6.07) is 0. The van der Waals surface area contributed by atoms with Crippen molar-refractivity contribution in [2.45, 2.75) is 18.6 Å². The number of hydrogen-bond donors (Lipinski definition) is 2. The summed E-state index contributed by atoms with van der Waals surface area (Å²) in [5.74, 6) is -0.0743. The molecule has 0 spiro atoms. The first-order valence-electron chi connectivity index (χ1n) is 3.87. The van der Waals surface area contributed by atoms with Crippen LogP contribution in [0.5, 0.6) is 0 Å². The maximum atomic E-state index is 10.9. The van der Waals surface area contributed by atoms with Crippen molar-refractivity contribution in [3.63, 3.8) is 0 Å². The van der Waals surface area contributed by atoms with Gasteiger partial charge in [-0.05, 0) is 6.92 Å². The highest BCUT2D eigenvalue weighted by Crippen LogP contribution is 1.89. The van der Waals surface area contributed by atoms with Crippen LogP contribution in [0.4, 0.5) is 0 Å². The van der Waals surface area contributed by atoms with Crippen LogP contribution >= 0.6 is 0 Å². The largest absolute Gasteiger partial charge is 0.355 e. The summed E-state index contributed by atoms with van der Waals surface area (Å²) in [4.78, 5) is 10.9. The number of nitrogens with one attached hydrogen (secondary N) is 1. The van der Waals surface area contributed by atoms with Crippen LogP contribution in [0, 0.1) is 0 Å². The van der Waals surface area contributed by atoms with Gasteiger partial charge in [0.25, 0.3) is 0 Å². The fraction of sp³-hybridized carbons (Fsp3) is 0.857. The zero-order valence-electron chi connectivity index (χ0n) is 7.50. The molecular formula is C7H16N2O2S. The van der Waals surface area contributed by atoms with Gasteiger partial charge in [-0.15, -0.1) is 0 Å². The van der Waals surface area contributed by atoms with Crippen molar-refractivity contribution >= 4 is 16.7 Å². The predicted octanol–water partition coefficient (Wildman–Crippen LogP) is -0.782. The van der Waals surface area contributed by atoms with Gasteiger partial charge in [-0.3, -0.25) is 9.00 Å². The number of nitrogens with two attached hydrogens (primary N) is 1. The Morgan fingerprint density at radius 3 is 2.67 bits per heavy atom. The molecule has 0 radical (unpaired) electrons. The molecule has 0 heterocycles. The van der Waals surface area contributed by atoms with Gasteiger partial charge in [0.15, 0.2) is 0 Å². The molecule has 0 aromatic carbocycles.